The fourth-order valence-electron chi connectivity index (χ4n) is 1.33. The van der Waals surface area contributed by atoms with Crippen molar-refractivity contribution in [2.75, 3.05) is 32.7 Å². The fourth-order valence-corrected chi connectivity index (χ4v) is 1.33. The Kier molecular flexibility index (Phi) is 4.04. The smallest absolute Gasteiger partial charge is 0.303 e. The van der Waals surface area contributed by atoms with E-state index >= 15 is 0 Å². The Morgan fingerprint density at radius 1 is 1.42 bits per heavy atom. The van der Waals surface area contributed by atoms with Crippen LogP contribution >= 0.6 is 0 Å². The zero-order chi connectivity index (χ0) is 8.81. The van der Waals surface area contributed by atoms with Crippen molar-refractivity contribution < 1.29 is 9.90 Å². The number of nitrogens with zero attached hydrogens (tertiary/aromatic N) is 2. The molecule has 1 rings (SSSR count). The molecule has 12 heavy (non-hydrogen) atoms. The van der Waals surface area contributed by atoms with Gasteiger partial charge in [0.1, 0.15) is 0 Å². The fraction of sp³-hybridized carbons (Fsp3) is 0.875. The third-order valence-electron chi connectivity index (χ3n) is 2.01. The van der Waals surface area contributed by atoms with Gasteiger partial charge in [-0.15, -0.1) is 0 Å². The van der Waals surface area contributed by atoms with Crippen molar-refractivity contribution in [3.8, 4) is 0 Å². The highest BCUT2D eigenvalue weighted by Crippen LogP contribution is 1.97. The van der Waals surface area contributed by atoms with E-state index in [1.807, 2.05) is 0 Å². The first kappa shape index (κ1) is 9.48. The van der Waals surface area contributed by atoms with Crippen LogP contribution in [0.15, 0.2) is 0 Å². The number of piperazine rings is 1. The van der Waals surface area contributed by atoms with Crippen LogP contribution in [0.5, 0.6) is 0 Å². The number of rotatable bonds is 4. The van der Waals surface area contributed by atoms with Crippen LogP contribution in [0.25, 0.3) is 0 Å². The summed E-state index contributed by atoms with van der Waals surface area (Å²) < 4.78 is 0. The Morgan fingerprint density at radius 3 is 2.67 bits per heavy atom. The van der Waals surface area contributed by atoms with Gasteiger partial charge in [0.05, 0.1) is 0 Å². The SMILES string of the molecule is O=C(O)CCCN1CC[N]CC1. The molecule has 1 heterocycles. The third-order valence-corrected chi connectivity index (χ3v) is 2.01. The lowest BCUT2D eigenvalue weighted by Gasteiger charge is -2.25. The van der Waals surface area contributed by atoms with Gasteiger partial charge in [0.25, 0.3) is 0 Å². The maximum atomic E-state index is 10.2. The van der Waals surface area contributed by atoms with Gasteiger partial charge in [0.2, 0.25) is 0 Å². The molecule has 0 amide bonds. The van der Waals surface area contributed by atoms with Crippen LogP contribution in [0, 0.1) is 0 Å². The number of carboxylic acids is 1. The normalized spacial score (nSPS) is 19.3. The maximum Gasteiger partial charge on any atom is 0.303 e. The quantitative estimate of drug-likeness (QED) is 0.635. The molecular weight excluding hydrogens is 156 g/mol. The highest BCUT2D eigenvalue weighted by atomic mass is 16.4. The van der Waals surface area contributed by atoms with Crippen molar-refractivity contribution in [1.29, 1.82) is 0 Å². The molecule has 0 saturated carbocycles. The molecule has 1 aliphatic rings. The van der Waals surface area contributed by atoms with Gasteiger partial charge < -0.3 is 10.0 Å². The number of hydrogen-bond acceptors (Lipinski definition) is 2. The molecule has 0 aromatic carbocycles. The Hall–Kier alpha value is -0.610. The van der Waals surface area contributed by atoms with Crippen LogP contribution in [-0.4, -0.2) is 48.7 Å². The molecule has 1 aliphatic heterocycles. The van der Waals surface area contributed by atoms with Crippen LogP contribution in [-0.2, 0) is 4.79 Å². The van der Waals surface area contributed by atoms with Gasteiger partial charge >= 0.3 is 5.97 Å². The van der Waals surface area contributed by atoms with E-state index in [0.717, 1.165) is 39.1 Å². The van der Waals surface area contributed by atoms with Crippen LogP contribution < -0.4 is 5.32 Å². The molecule has 1 radical (unpaired) electrons. The summed E-state index contributed by atoms with van der Waals surface area (Å²) in [5.74, 6) is -0.698. The summed E-state index contributed by atoms with van der Waals surface area (Å²) in [6, 6.07) is 0. The summed E-state index contributed by atoms with van der Waals surface area (Å²) >= 11 is 0. The average Bonchev–Trinajstić information content (AvgIpc) is 2.05. The molecule has 1 N–H and O–H groups in total. The first-order valence-electron chi connectivity index (χ1n) is 4.36. The van der Waals surface area contributed by atoms with E-state index in [-0.39, 0.29) is 6.42 Å². The lowest BCUT2D eigenvalue weighted by molar-refractivity contribution is -0.137. The minimum atomic E-state index is -0.698. The molecule has 0 aromatic heterocycles. The Bertz CT molecular complexity index is 144. The summed E-state index contributed by atoms with van der Waals surface area (Å²) in [7, 11) is 0. The Balaban J connectivity index is 2.01. The number of hydrogen-bond donors (Lipinski definition) is 1. The standard InChI is InChI=1S/C8H15N2O2/c11-8(12)2-1-5-10-6-3-9-4-7-10/h1-7H2,(H,11,12). The molecule has 0 unspecified atom stereocenters. The second-order valence-corrected chi connectivity index (χ2v) is 3.01. The van der Waals surface area contributed by atoms with Crippen molar-refractivity contribution in [3.63, 3.8) is 0 Å². The van der Waals surface area contributed by atoms with E-state index in [4.69, 9.17) is 5.11 Å². The first-order chi connectivity index (χ1) is 5.79. The Morgan fingerprint density at radius 2 is 2.08 bits per heavy atom. The van der Waals surface area contributed by atoms with Gasteiger partial charge in [0.15, 0.2) is 0 Å². The van der Waals surface area contributed by atoms with Gasteiger partial charge in [-0.1, -0.05) is 0 Å². The topological polar surface area (TPSA) is 54.6 Å². The maximum absolute atomic E-state index is 10.2. The van der Waals surface area contributed by atoms with E-state index in [2.05, 4.69) is 10.2 Å². The summed E-state index contributed by atoms with van der Waals surface area (Å²) in [4.78, 5) is 12.5. The average molecular weight is 171 g/mol. The molecule has 4 heteroatoms. The molecule has 1 saturated heterocycles. The van der Waals surface area contributed by atoms with E-state index in [0.29, 0.717) is 0 Å². The molecule has 0 bridgehead atoms. The summed E-state index contributed by atoms with van der Waals surface area (Å²) in [5, 5.41) is 12.6. The van der Waals surface area contributed by atoms with E-state index in [1.54, 1.807) is 0 Å². The van der Waals surface area contributed by atoms with E-state index < -0.39 is 5.97 Å². The highest BCUT2D eigenvalue weighted by Gasteiger charge is 2.09. The van der Waals surface area contributed by atoms with Crippen molar-refractivity contribution >= 4 is 5.97 Å². The summed E-state index contributed by atoms with van der Waals surface area (Å²) in [5.41, 5.74) is 0. The van der Waals surface area contributed by atoms with Gasteiger partial charge in [-0.25, -0.2) is 5.32 Å². The second kappa shape index (κ2) is 5.11. The van der Waals surface area contributed by atoms with Crippen LogP contribution in [0.2, 0.25) is 0 Å². The monoisotopic (exact) mass is 171 g/mol. The number of carboxylic acid groups (broad SMARTS) is 1. The van der Waals surface area contributed by atoms with Gasteiger partial charge in [-0.3, -0.25) is 4.79 Å². The van der Waals surface area contributed by atoms with Crippen LogP contribution in [0.1, 0.15) is 12.8 Å². The van der Waals surface area contributed by atoms with E-state index in [1.165, 1.54) is 0 Å². The Labute approximate surface area is 72.6 Å². The third kappa shape index (κ3) is 3.69. The van der Waals surface area contributed by atoms with Crippen molar-refractivity contribution in [3.05, 3.63) is 0 Å². The summed E-state index contributed by atoms with van der Waals surface area (Å²) in [6.07, 6.45) is 1.04. The molecule has 69 valence electrons. The van der Waals surface area contributed by atoms with Crippen molar-refractivity contribution in [2.24, 2.45) is 0 Å². The first-order valence-corrected chi connectivity index (χ1v) is 4.36. The molecule has 0 spiro atoms. The molecular formula is C8H15N2O2. The summed E-state index contributed by atoms with van der Waals surface area (Å²) in [6.45, 7) is 4.72. The van der Waals surface area contributed by atoms with Gasteiger partial charge in [-0.2, -0.15) is 0 Å². The predicted octanol–water partition coefficient (Wildman–Crippen LogP) is -0.229. The largest absolute Gasteiger partial charge is 0.481 e. The zero-order valence-electron chi connectivity index (χ0n) is 7.20. The molecule has 4 nitrogen and oxygen atoms in total. The minimum absolute atomic E-state index is 0.285. The predicted molar refractivity (Wildman–Crippen MR) is 45.2 cm³/mol. The van der Waals surface area contributed by atoms with Crippen LogP contribution in [0.4, 0.5) is 0 Å². The van der Waals surface area contributed by atoms with Crippen molar-refractivity contribution in [2.45, 2.75) is 12.8 Å². The van der Waals surface area contributed by atoms with Crippen LogP contribution in [0.3, 0.4) is 0 Å². The van der Waals surface area contributed by atoms with Gasteiger partial charge in [-0.05, 0) is 13.0 Å². The lowest BCUT2D eigenvalue weighted by Crippen LogP contribution is -2.40. The lowest BCUT2D eigenvalue weighted by atomic mass is 10.2. The minimum Gasteiger partial charge on any atom is -0.481 e. The highest BCUT2D eigenvalue weighted by molar-refractivity contribution is 5.66. The molecule has 0 atom stereocenters. The second-order valence-electron chi connectivity index (χ2n) is 3.01. The molecule has 0 aliphatic carbocycles. The van der Waals surface area contributed by atoms with Crippen molar-refractivity contribution in [1.82, 2.24) is 10.2 Å². The number of carbonyl (C=O) groups is 1. The molecule has 1 fully saturated rings. The number of aliphatic carboxylic acids is 1. The molecule has 0 aromatic rings. The van der Waals surface area contributed by atoms with E-state index in [9.17, 15) is 4.79 Å². The van der Waals surface area contributed by atoms with Gasteiger partial charge in [0, 0.05) is 32.6 Å². The zero-order valence-corrected chi connectivity index (χ0v) is 7.20.